The van der Waals surface area contributed by atoms with Gasteiger partial charge in [0.2, 0.25) is 5.88 Å². The van der Waals surface area contributed by atoms with E-state index in [-0.39, 0.29) is 28.8 Å². The highest BCUT2D eigenvalue weighted by Crippen LogP contribution is 2.45. The highest BCUT2D eigenvalue weighted by atomic mass is 35.5. The van der Waals surface area contributed by atoms with Crippen molar-refractivity contribution >= 4 is 29.2 Å². The summed E-state index contributed by atoms with van der Waals surface area (Å²) in [7, 11) is 1.56. The topological polar surface area (TPSA) is 104 Å². The Kier molecular flexibility index (Phi) is 6.82. The lowest BCUT2D eigenvalue weighted by Gasteiger charge is -2.27. The quantitative estimate of drug-likeness (QED) is 0.369. The van der Waals surface area contributed by atoms with Crippen LogP contribution in [0.2, 0.25) is 10.0 Å². The van der Waals surface area contributed by atoms with E-state index in [1.54, 1.807) is 37.4 Å². The SMILES string of the molecule is COc1ccccc1C1C(C#N)=C(N)Oc2cc(OC(=O)COc3ccc(Cl)cc3Cl)ccc21. The maximum atomic E-state index is 12.3. The maximum absolute atomic E-state index is 12.3. The standard InChI is InChI=1S/C25H18Cl2N2O5/c1-31-20-5-3-2-4-16(20)24-17-8-7-15(11-22(17)34-25(29)18(24)12-28)33-23(30)13-32-21-9-6-14(26)10-19(21)27/h2-11,24H,13,29H2,1H3. The fourth-order valence-corrected chi connectivity index (χ4v) is 4.08. The van der Waals surface area contributed by atoms with Crippen LogP contribution in [0.5, 0.6) is 23.0 Å². The Bertz CT molecular complexity index is 1330. The lowest BCUT2D eigenvalue weighted by Crippen LogP contribution is -2.22. The van der Waals surface area contributed by atoms with Gasteiger partial charge in [0.05, 0.1) is 18.1 Å². The van der Waals surface area contributed by atoms with Crippen LogP contribution in [0.3, 0.4) is 0 Å². The van der Waals surface area contributed by atoms with Crippen LogP contribution >= 0.6 is 23.2 Å². The summed E-state index contributed by atoms with van der Waals surface area (Å²) in [6, 6.07) is 19.0. The highest BCUT2D eigenvalue weighted by molar-refractivity contribution is 6.35. The molecule has 7 nitrogen and oxygen atoms in total. The Morgan fingerprint density at radius 1 is 1.09 bits per heavy atom. The van der Waals surface area contributed by atoms with Gasteiger partial charge in [0, 0.05) is 22.2 Å². The molecule has 1 atom stereocenters. The minimum Gasteiger partial charge on any atom is -0.496 e. The number of hydrogen-bond acceptors (Lipinski definition) is 7. The van der Waals surface area contributed by atoms with Crippen molar-refractivity contribution in [2.24, 2.45) is 5.73 Å². The molecule has 172 valence electrons. The van der Waals surface area contributed by atoms with Crippen molar-refractivity contribution in [3.8, 4) is 29.1 Å². The molecular formula is C25H18Cl2N2O5. The normalized spacial score (nSPS) is 14.5. The molecule has 0 fully saturated rings. The smallest absolute Gasteiger partial charge is 0.349 e. The van der Waals surface area contributed by atoms with Crippen LogP contribution in [-0.2, 0) is 4.79 Å². The van der Waals surface area contributed by atoms with Crippen LogP contribution in [0, 0.1) is 11.3 Å². The zero-order valence-electron chi connectivity index (χ0n) is 17.9. The van der Waals surface area contributed by atoms with Gasteiger partial charge in [-0.25, -0.2) is 4.79 Å². The number of benzene rings is 3. The van der Waals surface area contributed by atoms with E-state index in [2.05, 4.69) is 6.07 Å². The molecule has 1 aliphatic rings. The molecule has 2 N–H and O–H groups in total. The van der Waals surface area contributed by atoms with E-state index >= 15 is 0 Å². The number of nitrogens with two attached hydrogens (primary N) is 1. The number of para-hydroxylation sites is 1. The summed E-state index contributed by atoms with van der Waals surface area (Å²) in [5.74, 6) is 0.304. The predicted molar refractivity (Wildman–Crippen MR) is 126 cm³/mol. The van der Waals surface area contributed by atoms with Crippen molar-refractivity contribution in [3.05, 3.63) is 93.3 Å². The molecule has 0 radical (unpaired) electrons. The van der Waals surface area contributed by atoms with Crippen LogP contribution in [0.25, 0.3) is 0 Å². The van der Waals surface area contributed by atoms with E-state index in [0.29, 0.717) is 27.8 Å². The Morgan fingerprint density at radius 3 is 2.62 bits per heavy atom. The molecule has 1 unspecified atom stereocenters. The van der Waals surface area contributed by atoms with Crippen LogP contribution in [0.15, 0.2) is 72.1 Å². The summed E-state index contributed by atoms with van der Waals surface area (Å²) in [5, 5.41) is 10.5. The van der Waals surface area contributed by atoms with Crippen molar-refractivity contribution in [2.45, 2.75) is 5.92 Å². The van der Waals surface area contributed by atoms with E-state index < -0.39 is 11.9 Å². The van der Waals surface area contributed by atoms with Crippen LogP contribution in [-0.4, -0.2) is 19.7 Å². The predicted octanol–water partition coefficient (Wildman–Crippen LogP) is 5.20. The average molecular weight is 497 g/mol. The summed E-state index contributed by atoms with van der Waals surface area (Å²) >= 11 is 11.9. The van der Waals surface area contributed by atoms with Gasteiger partial charge in [0.1, 0.15) is 34.6 Å². The molecule has 0 saturated heterocycles. The third-order valence-electron chi connectivity index (χ3n) is 5.11. The number of esters is 1. The van der Waals surface area contributed by atoms with Gasteiger partial charge in [-0.2, -0.15) is 5.26 Å². The lowest BCUT2D eigenvalue weighted by molar-refractivity contribution is -0.136. The second-order valence-corrected chi connectivity index (χ2v) is 8.05. The summed E-state index contributed by atoms with van der Waals surface area (Å²) in [6.07, 6.45) is 0. The summed E-state index contributed by atoms with van der Waals surface area (Å²) in [6.45, 7) is -0.371. The van der Waals surface area contributed by atoms with Gasteiger partial charge < -0.3 is 24.7 Å². The van der Waals surface area contributed by atoms with Gasteiger partial charge in [-0.3, -0.25) is 0 Å². The van der Waals surface area contributed by atoms with Crippen molar-refractivity contribution in [1.82, 2.24) is 0 Å². The zero-order valence-corrected chi connectivity index (χ0v) is 19.4. The van der Waals surface area contributed by atoms with Crippen molar-refractivity contribution in [1.29, 1.82) is 5.26 Å². The van der Waals surface area contributed by atoms with E-state index in [0.717, 1.165) is 5.56 Å². The number of nitriles is 1. The largest absolute Gasteiger partial charge is 0.496 e. The molecule has 0 aromatic heterocycles. The zero-order chi connectivity index (χ0) is 24.2. The molecule has 3 aromatic rings. The molecule has 0 amide bonds. The molecule has 9 heteroatoms. The maximum Gasteiger partial charge on any atom is 0.349 e. The van der Waals surface area contributed by atoms with Gasteiger partial charge in [-0.15, -0.1) is 0 Å². The second kappa shape index (κ2) is 9.96. The molecular weight excluding hydrogens is 479 g/mol. The number of rotatable bonds is 6. The minimum absolute atomic E-state index is 0.0323. The first kappa shape index (κ1) is 23.3. The average Bonchev–Trinajstić information content (AvgIpc) is 2.82. The molecule has 0 aliphatic carbocycles. The fourth-order valence-electron chi connectivity index (χ4n) is 3.61. The van der Waals surface area contributed by atoms with E-state index in [1.165, 1.54) is 12.1 Å². The number of nitrogens with zero attached hydrogens (tertiary/aromatic N) is 1. The van der Waals surface area contributed by atoms with Gasteiger partial charge in [0.15, 0.2) is 6.61 Å². The molecule has 3 aromatic carbocycles. The van der Waals surface area contributed by atoms with Crippen LogP contribution < -0.4 is 24.7 Å². The number of ether oxygens (including phenoxy) is 4. The van der Waals surface area contributed by atoms with Gasteiger partial charge in [0.25, 0.3) is 0 Å². The Morgan fingerprint density at radius 2 is 1.88 bits per heavy atom. The monoisotopic (exact) mass is 496 g/mol. The number of carbonyl (C=O) groups excluding carboxylic acids is 1. The van der Waals surface area contributed by atoms with E-state index in [4.69, 9.17) is 47.9 Å². The van der Waals surface area contributed by atoms with Crippen LogP contribution in [0.4, 0.5) is 0 Å². The molecule has 0 saturated carbocycles. The Labute approximate surface area is 205 Å². The number of halogens is 2. The third kappa shape index (κ3) is 4.74. The number of methoxy groups -OCH3 is 1. The van der Waals surface area contributed by atoms with Crippen LogP contribution in [0.1, 0.15) is 17.0 Å². The van der Waals surface area contributed by atoms with Crippen molar-refractivity contribution in [3.63, 3.8) is 0 Å². The van der Waals surface area contributed by atoms with Gasteiger partial charge >= 0.3 is 5.97 Å². The first-order chi connectivity index (χ1) is 16.4. The summed E-state index contributed by atoms with van der Waals surface area (Å²) in [5.41, 5.74) is 7.75. The van der Waals surface area contributed by atoms with E-state index in [1.807, 2.05) is 18.2 Å². The van der Waals surface area contributed by atoms with E-state index in [9.17, 15) is 10.1 Å². The molecule has 34 heavy (non-hydrogen) atoms. The minimum atomic E-state index is -0.649. The number of carbonyl (C=O) groups is 1. The Hall–Kier alpha value is -3.86. The summed E-state index contributed by atoms with van der Waals surface area (Å²) in [4.78, 5) is 12.3. The number of fused-ring (bicyclic) bond motifs is 1. The van der Waals surface area contributed by atoms with Gasteiger partial charge in [-0.1, -0.05) is 47.5 Å². The number of hydrogen-bond donors (Lipinski definition) is 1. The highest BCUT2D eigenvalue weighted by Gasteiger charge is 2.32. The molecule has 0 spiro atoms. The first-order valence-corrected chi connectivity index (χ1v) is 10.8. The molecule has 1 aliphatic heterocycles. The van der Waals surface area contributed by atoms with Gasteiger partial charge in [-0.05, 0) is 30.3 Å². The molecule has 1 heterocycles. The number of allylic oxidation sites excluding steroid dienone is 1. The molecule has 4 rings (SSSR count). The summed E-state index contributed by atoms with van der Waals surface area (Å²) < 4.78 is 22.0. The first-order valence-electron chi connectivity index (χ1n) is 10.0. The van der Waals surface area contributed by atoms with Crippen molar-refractivity contribution in [2.75, 3.05) is 13.7 Å². The fraction of sp³-hybridized carbons (Fsp3) is 0.120. The Balaban J connectivity index is 1.56. The third-order valence-corrected chi connectivity index (χ3v) is 5.64. The lowest BCUT2D eigenvalue weighted by atomic mass is 9.83. The van der Waals surface area contributed by atoms with Crippen molar-refractivity contribution < 1.29 is 23.7 Å². The molecule has 0 bridgehead atoms. The second-order valence-electron chi connectivity index (χ2n) is 7.20.